The maximum Gasteiger partial charge on any atom is 0.406 e. The zero-order valence-corrected chi connectivity index (χ0v) is 18.8. The van der Waals surface area contributed by atoms with Crippen LogP contribution < -0.4 is 20.4 Å². The molecule has 1 aromatic carbocycles. The van der Waals surface area contributed by atoms with E-state index in [0.29, 0.717) is 33.4 Å². The van der Waals surface area contributed by atoms with Crippen molar-refractivity contribution in [2.45, 2.75) is 25.9 Å². The van der Waals surface area contributed by atoms with Crippen molar-refractivity contribution in [1.29, 1.82) is 0 Å². The first-order valence-electron chi connectivity index (χ1n) is 10.3. The molecule has 0 unspecified atom stereocenters. The number of anilines is 6. The molecule has 3 aromatic rings. The van der Waals surface area contributed by atoms with Gasteiger partial charge in [0.2, 0.25) is 11.9 Å². The molecule has 0 saturated carbocycles. The van der Waals surface area contributed by atoms with Gasteiger partial charge < -0.3 is 15.5 Å². The molecule has 0 fully saturated rings. The number of carbonyl (C=O) groups is 2. The van der Waals surface area contributed by atoms with Crippen LogP contribution in [0.4, 0.5) is 47.0 Å². The summed E-state index contributed by atoms with van der Waals surface area (Å²) < 4.78 is 40.0. The van der Waals surface area contributed by atoms with E-state index >= 15 is 0 Å². The third-order valence-electron chi connectivity index (χ3n) is 5.42. The molecule has 0 spiro atoms. The topological polar surface area (TPSA) is 103 Å². The lowest BCUT2D eigenvalue weighted by molar-refractivity contribution is -0.119. The summed E-state index contributed by atoms with van der Waals surface area (Å²) in [6, 6.07) is 5.37. The molecule has 34 heavy (non-hydrogen) atoms. The quantitative estimate of drug-likeness (QED) is 0.570. The lowest BCUT2D eigenvalue weighted by Crippen LogP contribution is -2.39. The van der Waals surface area contributed by atoms with E-state index in [0.717, 1.165) is 11.3 Å². The summed E-state index contributed by atoms with van der Waals surface area (Å²) in [7, 11) is 1.62. The van der Waals surface area contributed by atoms with Gasteiger partial charge in [-0.2, -0.15) is 18.2 Å². The second-order valence-electron chi connectivity index (χ2n) is 7.90. The summed E-state index contributed by atoms with van der Waals surface area (Å²) in [6.07, 6.45) is -2.45. The van der Waals surface area contributed by atoms with Gasteiger partial charge in [-0.3, -0.25) is 14.5 Å². The number of nitrogens with zero attached hydrogens (tertiary/aromatic N) is 5. The Morgan fingerprint density at radius 2 is 2.00 bits per heavy atom. The minimum Gasteiger partial charge on any atom is -0.326 e. The molecule has 2 aromatic heterocycles. The smallest absolute Gasteiger partial charge is 0.326 e. The second-order valence-corrected chi connectivity index (χ2v) is 9.08. The Bertz CT molecular complexity index is 1320. The average Bonchev–Trinajstić information content (AvgIpc) is 3.15. The third kappa shape index (κ3) is 4.02. The lowest BCUT2D eigenvalue weighted by atomic mass is 10.0. The Labute approximate surface area is 195 Å². The van der Waals surface area contributed by atoms with E-state index in [-0.39, 0.29) is 29.1 Å². The number of hydrogen-bond acceptors (Lipinski definition) is 8. The van der Waals surface area contributed by atoms with E-state index < -0.39 is 18.6 Å². The van der Waals surface area contributed by atoms with E-state index in [1.165, 1.54) is 17.5 Å². The van der Waals surface area contributed by atoms with E-state index in [4.69, 9.17) is 0 Å². The van der Waals surface area contributed by atoms with Gasteiger partial charge >= 0.3 is 6.18 Å². The highest BCUT2D eigenvalue weighted by Gasteiger charge is 2.40. The number of alkyl halides is 3. The van der Waals surface area contributed by atoms with Gasteiger partial charge in [-0.05, 0) is 37.1 Å². The molecule has 2 aliphatic rings. The molecule has 13 heteroatoms. The number of aromatic nitrogens is 3. The van der Waals surface area contributed by atoms with Crippen LogP contribution in [0.1, 0.15) is 27.5 Å². The normalized spacial score (nSPS) is 15.3. The molecule has 0 aliphatic carbocycles. The van der Waals surface area contributed by atoms with Gasteiger partial charge in [0.1, 0.15) is 17.2 Å². The Kier molecular flexibility index (Phi) is 5.15. The predicted octanol–water partition coefficient (Wildman–Crippen LogP) is 4.16. The van der Waals surface area contributed by atoms with Crippen molar-refractivity contribution in [2.75, 3.05) is 34.0 Å². The largest absolute Gasteiger partial charge is 0.406 e. The van der Waals surface area contributed by atoms with Crippen LogP contribution in [0.2, 0.25) is 0 Å². The number of aryl methyl sites for hydroxylation is 2. The van der Waals surface area contributed by atoms with Crippen LogP contribution in [0.25, 0.3) is 0 Å². The van der Waals surface area contributed by atoms with E-state index in [1.54, 1.807) is 31.0 Å². The fourth-order valence-electron chi connectivity index (χ4n) is 3.91. The standard InChI is InChI=1S/C21H18F3N7O2S/c1-10-26-16-18(33)31(9-21(22,23)24)14-8-25-20(29-17(14)30(2)19(16)34-10)27-12-4-5-13-11(7-12)3-6-15(32)28-13/h4-5,7-8H,3,6,9H2,1-2H3,(H,28,32)(H,25,27,29). The number of nitrogens with one attached hydrogen (secondary N) is 2. The molecular formula is C21H18F3N7O2S. The molecule has 2 amide bonds. The number of fused-ring (bicyclic) bond motifs is 3. The fourth-order valence-corrected chi connectivity index (χ4v) is 4.78. The minimum atomic E-state index is -4.63. The SMILES string of the molecule is Cc1nc2c(s1)N(C)c1nc(Nc3ccc4c(c3)CCC(=O)N4)ncc1N(CC(F)(F)F)C2=O. The lowest BCUT2D eigenvalue weighted by Gasteiger charge is -2.24. The summed E-state index contributed by atoms with van der Waals surface area (Å²) in [5.74, 6) is -0.610. The zero-order valence-electron chi connectivity index (χ0n) is 18.0. The number of hydrogen-bond donors (Lipinski definition) is 2. The van der Waals surface area contributed by atoms with Crippen molar-refractivity contribution >= 4 is 57.0 Å². The molecular weight excluding hydrogens is 471 g/mol. The molecule has 0 saturated heterocycles. The average molecular weight is 489 g/mol. The first-order chi connectivity index (χ1) is 16.1. The summed E-state index contributed by atoms with van der Waals surface area (Å²) >= 11 is 1.20. The van der Waals surface area contributed by atoms with Crippen molar-refractivity contribution in [3.8, 4) is 0 Å². The van der Waals surface area contributed by atoms with Crippen molar-refractivity contribution in [2.24, 2.45) is 0 Å². The van der Waals surface area contributed by atoms with Gasteiger partial charge in [0.15, 0.2) is 11.5 Å². The zero-order chi connectivity index (χ0) is 24.2. The Balaban J connectivity index is 1.54. The number of halogens is 3. The van der Waals surface area contributed by atoms with E-state index in [9.17, 15) is 22.8 Å². The van der Waals surface area contributed by atoms with E-state index in [2.05, 4.69) is 25.6 Å². The van der Waals surface area contributed by atoms with Crippen LogP contribution in [0, 0.1) is 6.92 Å². The molecule has 0 atom stereocenters. The van der Waals surface area contributed by atoms with Gasteiger partial charge in [0.05, 0.1) is 11.2 Å². The molecule has 9 nitrogen and oxygen atoms in total. The highest BCUT2D eigenvalue weighted by molar-refractivity contribution is 7.16. The summed E-state index contributed by atoms with van der Waals surface area (Å²) in [5, 5.41) is 6.82. The molecule has 0 bridgehead atoms. The molecule has 0 radical (unpaired) electrons. The maximum absolute atomic E-state index is 13.3. The predicted molar refractivity (Wildman–Crippen MR) is 121 cm³/mol. The van der Waals surface area contributed by atoms with Crippen LogP contribution in [-0.2, 0) is 11.2 Å². The van der Waals surface area contributed by atoms with Crippen LogP contribution >= 0.6 is 11.3 Å². The highest BCUT2D eigenvalue weighted by atomic mass is 32.1. The van der Waals surface area contributed by atoms with Crippen LogP contribution in [-0.4, -0.2) is 46.5 Å². The summed E-state index contributed by atoms with van der Waals surface area (Å²) in [4.78, 5) is 39.5. The first kappa shape index (κ1) is 22.1. The van der Waals surface area contributed by atoms with Crippen LogP contribution in [0.3, 0.4) is 0 Å². The first-order valence-corrected chi connectivity index (χ1v) is 11.1. The highest BCUT2D eigenvalue weighted by Crippen LogP contribution is 2.42. The van der Waals surface area contributed by atoms with Gasteiger partial charge in [-0.25, -0.2) is 9.97 Å². The molecule has 4 heterocycles. The maximum atomic E-state index is 13.3. The second kappa shape index (κ2) is 7.94. The summed E-state index contributed by atoms with van der Waals surface area (Å²) in [5.41, 5.74) is 2.22. The Morgan fingerprint density at radius 1 is 1.21 bits per heavy atom. The van der Waals surface area contributed by atoms with Gasteiger partial charge in [0, 0.05) is 24.8 Å². The summed E-state index contributed by atoms with van der Waals surface area (Å²) in [6.45, 7) is 0.191. The number of carbonyl (C=O) groups excluding carboxylic acids is 2. The van der Waals surface area contributed by atoms with Crippen molar-refractivity contribution in [1.82, 2.24) is 15.0 Å². The van der Waals surface area contributed by atoms with Crippen molar-refractivity contribution < 1.29 is 22.8 Å². The van der Waals surface area contributed by atoms with Crippen molar-refractivity contribution in [3.05, 3.63) is 40.7 Å². The number of rotatable bonds is 3. The molecule has 176 valence electrons. The fraction of sp³-hybridized carbons (Fsp3) is 0.286. The van der Waals surface area contributed by atoms with Crippen LogP contribution in [0.5, 0.6) is 0 Å². The van der Waals surface area contributed by atoms with Gasteiger partial charge in [0.25, 0.3) is 5.91 Å². The van der Waals surface area contributed by atoms with Crippen molar-refractivity contribution in [3.63, 3.8) is 0 Å². The Hall–Kier alpha value is -3.74. The minimum absolute atomic E-state index is 0.0408. The number of thiazole rings is 1. The van der Waals surface area contributed by atoms with Gasteiger partial charge in [-0.15, -0.1) is 11.3 Å². The third-order valence-corrected chi connectivity index (χ3v) is 6.47. The van der Waals surface area contributed by atoms with E-state index in [1.807, 2.05) is 6.07 Å². The Morgan fingerprint density at radius 3 is 2.76 bits per heavy atom. The molecule has 2 aliphatic heterocycles. The van der Waals surface area contributed by atoms with Crippen LogP contribution in [0.15, 0.2) is 24.4 Å². The van der Waals surface area contributed by atoms with Gasteiger partial charge in [-0.1, -0.05) is 0 Å². The number of amides is 2. The monoisotopic (exact) mass is 489 g/mol. The molecule has 5 rings (SSSR count). The number of benzene rings is 1. The molecule has 2 N–H and O–H groups in total.